The molecule has 106 valence electrons. The molecule has 1 aliphatic heterocycles. The first-order valence-electron chi connectivity index (χ1n) is 7.06. The quantitative estimate of drug-likeness (QED) is 0.883. The molecule has 0 radical (unpaired) electrons. The van der Waals surface area contributed by atoms with E-state index < -0.39 is 0 Å². The summed E-state index contributed by atoms with van der Waals surface area (Å²) >= 11 is 0. The van der Waals surface area contributed by atoms with Gasteiger partial charge >= 0.3 is 0 Å². The van der Waals surface area contributed by atoms with Crippen molar-refractivity contribution in [3.63, 3.8) is 0 Å². The van der Waals surface area contributed by atoms with Crippen molar-refractivity contribution < 1.29 is 9.53 Å². The van der Waals surface area contributed by atoms with Gasteiger partial charge in [-0.05, 0) is 38.8 Å². The number of ether oxygens (including phenoxy) is 1. The first-order valence-corrected chi connectivity index (χ1v) is 7.06. The van der Waals surface area contributed by atoms with E-state index in [0.717, 1.165) is 23.7 Å². The molecular weight excluding hydrogens is 252 g/mol. The summed E-state index contributed by atoms with van der Waals surface area (Å²) in [6.45, 7) is 4.83. The molecule has 20 heavy (non-hydrogen) atoms. The lowest BCUT2D eigenvalue weighted by Crippen LogP contribution is -2.45. The number of hydrogen-bond donors (Lipinski definition) is 2. The average Bonchev–Trinajstić information content (AvgIpc) is 2.81. The van der Waals surface area contributed by atoms with Gasteiger partial charge in [-0.2, -0.15) is 0 Å². The minimum atomic E-state index is -0.156. The molecule has 1 amide bonds. The van der Waals surface area contributed by atoms with Crippen LogP contribution in [0.1, 0.15) is 37.2 Å². The van der Waals surface area contributed by atoms with Crippen molar-refractivity contribution in [3.05, 3.63) is 36.0 Å². The number of hydrogen-bond acceptors (Lipinski definition) is 2. The van der Waals surface area contributed by atoms with Crippen molar-refractivity contribution in [2.24, 2.45) is 0 Å². The van der Waals surface area contributed by atoms with Crippen LogP contribution in [-0.2, 0) is 4.74 Å². The molecule has 4 nitrogen and oxygen atoms in total. The smallest absolute Gasteiger partial charge is 0.267 e. The molecule has 1 unspecified atom stereocenters. The van der Waals surface area contributed by atoms with Gasteiger partial charge in [0.1, 0.15) is 5.69 Å². The fraction of sp³-hybridized carbons (Fsp3) is 0.438. The number of carbonyl (C=O) groups is 1. The number of aromatic amines is 1. The predicted molar refractivity (Wildman–Crippen MR) is 78.8 cm³/mol. The van der Waals surface area contributed by atoms with Crippen molar-refractivity contribution >= 4 is 16.8 Å². The van der Waals surface area contributed by atoms with Crippen LogP contribution in [0.5, 0.6) is 0 Å². The predicted octanol–water partition coefficient (Wildman–Crippen LogP) is 2.86. The number of benzene rings is 1. The summed E-state index contributed by atoms with van der Waals surface area (Å²) < 4.78 is 5.67. The molecule has 1 atom stereocenters. The minimum absolute atomic E-state index is 0.0381. The summed E-state index contributed by atoms with van der Waals surface area (Å²) in [5.41, 5.74) is 1.46. The summed E-state index contributed by atoms with van der Waals surface area (Å²) in [6.07, 6.45) is 1.72. The molecule has 2 aromatic rings. The first kappa shape index (κ1) is 13.2. The molecule has 1 aliphatic rings. The molecule has 0 spiro atoms. The summed E-state index contributed by atoms with van der Waals surface area (Å²) in [7, 11) is 0. The highest BCUT2D eigenvalue weighted by Gasteiger charge is 2.29. The number of rotatable bonds is 2. The molecular formula is C16H20N2O2. The van der Waals surface area contributed by atoms with E-state index in [4.69, 9.17) is 4.74 Å². The lowest BCUT2D eigenvalue weighted by atomic mass is 9.94. The third-order valence-corrected chi connectivity index (χ3v) is 3.81. The van der Waals surface area contributed by atoms with Gasteiger partial charge in [-0.1, -0.05) is 18.2 Å². The van der Waals surface area contributed by atoms with Crippen LogP contribution in [0.2, 0.25) is 0 Å². The monoisotopic (exact) mass is 272 g/mol. The van der Waals surface area contributed by atoms with Crippen LogP contribution < -0.4 is 5.32 Å². The van der Waals surface area contributed by atoms with E-state index in [1.165, 1.54) is 0 Å². The lowest BCUT2D eigenvalue weighted by molar-refractivity contribution is -0.0615. The van der Waals surface area contributed by atoms with Gasteiger partial charge in [0.2, 0.25) is 0 Å². The molecule has 4 heteroatoms. The van der Waals surface area contributed by atoms with E-state index in [-0.39, 0.29) is 17.6 Å². The van der Waals surface area contributed by atoms with Gasteiger partial charge in [-0.25, -0.2) is 0 Å². The van der Waals surface area contributed by atoms with Crippen molar-refractivity contribution in [1.82, 2.24) is 10.3 Å². The van der Waals surface area contributed by atoms with Crippen molar-refractivity contribution in [2.45, 2.75) is 38.3 Å². The zero-order valence-corrected chi connectivity index (χ0v) is 11.9. The van der Waals surface area contributed by atoms with Crippen LogP contribution in [0, 0.1) is 0 Å². The van der Waals surface area contributed by atoms with Gasteiger partial charge in [0.05, 0.1) is 5.60 Å². The summed E-state index contributed by atoms with van der Waals surface area (Å²) in [5, 5.41) is 4.16. The highest BCUT2D eigenvalue weighted by molar-refractivity contribution is 5.98. The largest absolute Gasteiger partial charge is 0.375 e. The number of fused-ring (bicyclic) bond motifs is 1. The Morgan fingerprint density at radius 2 is 2.20 bits per heavy atom. The SMILES string of the molecule is CC1(C)CC(NC(=O)c2cc3ccccc3[nH]2)CCO1. The van der Waals surface area contributed by atoms with Crippen LogP contribution in [0.3, 0.4) is 0 Å². The Hall–Kier alpha value is -1.81. The van der Waals surface area contributed by atoms with Gasteiger partial charge in [-0.15, -0.1) is 0 Å². The second-order valence-corrected chi connectivity index (χ2v) is 6.04. The topological polar surface area (TPSA) is 54.1 Å². The summed E-state index contributed by atoms with van der Waals surface area (Å²) in [4.78, 5) is 15.5. The first-order chi connectivity index (χ1) is 9.53. The van der Waals surface area contributed by atoms with Crippen molar-refractivity contribution in [1.29, 1.82) is 0 Å². The van der Waals surface area contributed by atoms with Crippen LogP contribution in [-0.4, -0.2) is 29.1 Å². The standard InChI is InChI=1S/C16H20N2O2/c1-16(2)10-12(7-8-20-16)17-15(19)14-9-11-5-3-4-6-13(11)18-14/h3-6,9,12,18H,7-8,10H2,1-2H3,(H,17,19). The Morgan fingerprint density at radius 3 is 2.95 bits per heavy atom. The summed E-state index contributed by atoms with van der Waals surface area (Å²) in [5.74, 6) is -0.0381. The number of H-pyrrole nitrogens is 1. The van der Waals surface area contributed by atoms with E-state index in [2.05, 4.69) is 24.1 Å². The second kappa shape index (κ2) is 4.94. The third kappa shape index (κ3) is 2.70. The van der Waals surface area contributed by atoms with E-state index in [0.29, 0.717) is 12.3 Å². The molecule has 0 aliphatic carbocycles. The molecule has 0 saturated carbocycles. The normalized spacial score (nSPS) is 21.8. The van der Waals surface area contributed by atoms with Crippen molar-refractivity contribution in [2.75, 3.05) is 6.61 Å². The number of amides is 1. The van der Waals surface area contributed by atoms with Gasteiger partial charge in [0.15, 0.2) is 0 Å². The van der Waals surface area contributed by atoms with Gasteiger partial charge < -0.3 is 15.0 Å². The number of nitrogens with one attached hydrogen (secondary N) is 2. The highest BCUT2D eigenvalue weighted by atomic mass is 16.5. The maximum atomic E-state index is 12.3. The highest BCUT2D eigenvalue weighted by Crippen LogP contribution is 2.24. The maximum Gasteiger partial charge on any atom is 0.267 e. The van der Waals surface area contributed by atoms with E-state index in [1.54, 1.807) is 0 Å². The molecule has 2 N–H and O–H groups in total. The molecule has 2 heterocycles. The summed E-state index contributed by atoms with van der Waals surface area (Å²) in [6, 6.07) is 9.98. The van der Waals surface area contributed by atoms with E-state index in [1.807, 2.05) is 30.3 Å². The number of para-hydroxylation sites is 1. The fourth-order valence-corrected chi connectivity index (χ4v) is 2.81. The molecule has 0 bridgehead atoms. The average molecular weight is 272 g/mol. The number of carbonyl (C=O) groups excluding carboxylic acids is 1. The van der Waals surface area contributed by atoms with Crippen LogP contribution in [0.4, 0.5) is 0 Å². The maximum absolute atomic E-state index is 12.3. The molecule has 1 aromatic heterocycles. The molecule has 1 saturated heterocycles. The zero-order valence-electron chi connectivity index (χ0n) is 11.9. The van der Waals surface area contributed by atoms with Crippen LogP contribution >= 0.6 is 0 Å². The fourth-order valence-electron chi connectivity index (χ4n) is 2.81. The molecule has 1 fully saturated rings. The number of aromatic nitrogens is 1. The Bertz CT molecular complexity index is 597. The molecule has 3 rings (SSSR count). The minimum Gasteiger partial charge on any atom is -0.375 e. The Kier molecular flexibility index (Phi) is 3.26. The Morgan fingerprint density at radius 1 is 1.40 bits per heavy atom. The zero-order chi connectivity index (χ0) is 14.2. The van der Waals surface area contributed by atoms with Crippen molar-refractivity contribution in [3.8, 4) is 0 Å². The lowest BCUT2D eigenvalue weighted by Gasteiger charge is -2.35. The second-order valence-electron chi connectivity index (χ2n) is 6.04. The Balaban J connectivity index is 1.72. The Labute approximate surface area is 118 Å². The van der Waals surface area contributed by atoms with E-state index in [9.17, 15) is 4.79 Å². The molecule has 1 aromatic carbocycles. The van der Waals surface area contributed by atoms with Crippen LogP contribution in [0.15, 0.2) is 30.3 Å². The third-order valence-electron chi connectivity index (χ3n) is 3.81. The van der Waals surface area contributed by atoms with Gasteiger partial charge in [0, 0.05) is 23.6 Å². The van der Waals surface area contributed by atoms with E-state index >= 15 is 0 Å². The van der Waals surface area contributed by atoms with Crippen LogP contribution in [0.25, 0.3) is 10.9 Å². The van der Waals surface area contributed by atoms with Gasteiger partial charge in [-0.3, -0.25) is 4.79 Å². The van der Waals surface area contributed by atoms with Gasteiger partial charge in [0.25, 0.3) is 5.91 Å².